The Morgan fingerprint density at radius 1 is 1.43 bits per heavy atom. The van der Waals surface area contributed by atoms with Crippen molar-refractivity contribution >= 4 is 27.7 Å². The Kier molecular flexibility index (Phi) is 5.60. The van der Waals surface area contributed by atoms with E-state index in [2.05, 4.69) is 41.1 Å². The van der Waals surface area contributed by atoms with Gasteiger partial charge in [-0.2, -0.15) is 0 Å². The van der Waals surface area contributed by atoms with Crippen molar-refractivity contribution in [3.05, 3.63) is 28.7 Å². The summed E-state index contributed by atoms with van der Waals surface area (Å²) < 4.78 is 1.16. The summed E-state index contributed by atoms with van der Waals surface area (Å²) in [7, 11) is 0. The molecule has 78 valence electrons. The molecule has 0 amide bonds. The molecule has 0 radical (unpaired) electrons. The van der Waals surface area contributed by atoms with Gasteiger partial charge in [0, 0.05) is 21.2 Å². The minimum Gasteiger partial charge on any atom is -0.327 e. The van der Waals surface area contributed by atoms with Crippen LogP contribution in [0.15, 0.2) is 33.6 Å². The van der Waals surface area contributed by atoms with Crippen LogP contribution < -0.4 is 5.73 Å². The Balaban J connectivity index is 2.41. The molecule has 1 atom stereocenters. The monoisotopic (exact) mass is 273 g/mol. The van der Waals surface area contributed by atoms with Gasteiger partial charge in [-0.1, -0.05) is 25.5 Å². The first-order valence-corrected chi connectivity index (χ1v) is 6.64. The average molecular weight is 274 g/mol. The summed E-state index contributed by atoms with van der Waals surface area (Å²) in [6, 6.07) is 8.58. The molecule has 1 rings (SSSR count). The number of nitrogens with two attached hydrogens (primary N) is 1. The molecule has 0 bridgehead atoms. The zero-order valence-electron chi connectivity index (χ0n) is 8.37. The van der Waals surface area contributed by atoms with Crippen LogP contribution in [0, 0.1) is 0 Å². The Labute approximate surface area is 98.6 Å². The van der Waals surface area contributed by atoms with E-state index in [0.717, 1.165) is 23.1 Å². The first-order chi connectivity index (χ1) is 6.74. The van der Waals surface area contributed by atoms with E-state index in [-0.39, 0.29) is 0 Å². The van der Waals surface area contributed by atoms with Gasteiger partial charge in [0.2, 0.25) is 0 Å². The van der Waals surface area contributed by atoms with Crippen LogP contribution in [0.5, 0.6) is 0 Å². The Bertz CT molecular complexity index is 278. The third-order valence-electron chi connectivity index (χ3n) is 1.95. The molecule has 0 aliphatic rings. The quantitative estimate of drug-likeness (QED) is 0.829. The molecule has 0 saturated heterocycles. The van der Waals surface area contributed by atoms with E-state index >= 15 is 0 Å². The summed E-state index contributed by atoms with van der Waals surface area (Å²) in [5.41, 5.74) is 5.95. The molecule has 0 aliphatic heterocycles. The van der Waals surface area contributed by atoms with Crippen LogP contribution in [0.4, 0.5) is 0 Å². The lowest BCUT2D eigenvalue weighted by atomic mass is 10.2. The zero-order chi connectivity index (χ0) is 10.4. The molecule has 1 aromatic rings. The van der Waals surface area contributed by atoms with E-state index in [0.29, 0.717) is 6.04 Å². The zero-order valence-corrected chi connectivity index (χ0v) is 10.8. The van der Waals surface area contributed by atoms with E-state index in [1.165, 1.54) is 4.90 Å². The van der Waals surface area contributed by atoms with Crippen molar-refractivity contribution in [1.29, 1.82) is 0 Å². The molecule has 0 saturated carbocycles. The van der Waals surface area contributed by atoms with Crippen molar-refractivity contribution in [1.82, 2.24) is 0 Å². The molecule has 2 N–H and O–H groups in total. The second-order valence-electron chi connectivity index (χ2n) is 3.29. The van der Waals surface area contributed by atoms with Gasteiger partial charge in [-0.05, 0) is 34.5 Å². The van der Waals surface area contributed by atoms with E-state index in [1.54, 1.807) is 0 Å². The number of rotatable bonds is 5. The molecule has 3 heteroatoms. The second-order valence-corrected chi connectivity index (χ2v) is 5.21. The molecule has 14 heavy (non-hydrogen) atoms. The van der Waals surface area contributed by atoms with Crippen molar-refractivity contribution in [2.45, 2.75) is 30.7 Å². The molecular formula is C11H16BrNS. The number of hydrogen-bond donors (Lipinski definition) is 1. The lowest BCUT2D eigenvalue weighted by molar-refractivity contribution is 0.660. The summed E-state index contributed by atoms with van der Waals surface area (Å²) >= 11 is 5.35. The Morgan fingerprint density at radius 3 is 2.79 bits per heavy atom. The topological polar surface area (TPSA) is 26.0 Å². The van der Waals surface area contributed by atoms with Crippen LogP contribution in [-0.2, 0) is 0 Å². The van der Waals surface area contributed by atoms with Crippen LogP contribution in [0.2, 0.25) is 0 Å². The molecule has 0 aromatic heterocycles. The van der Waals surface area contributed by atoms with Gasteiger partial charge in [-0.25, -0.2) is 0 Å². The maximum Gasteiger partial charge on any atom is 0.0311 e. The van der Waals surface area contributed by atoms with Gasteiger partial charge in [0.15, 0.2) is 0 Å². The second kappa shape index (κ2) is 6.49. The molecule has 0 unspecified atom stereocenters. The predicted molar refractivity (Wildman–Crippen MR) is 67.7 cm³/mol. The third kappa shape index (κ3) is 4.03. The number of hydrogen-bond acceptors (Lipinski definition) is 2. The smallest absolute Gasteiger partial charge is 0.0311 e. The average Bonchev–Trinajstić information content (AvgIpc) is 2.17. The fourth-order valence-corrected chi connectivity index (χ4v) is 2.78. The molecule has 0 fully saturated rings. The molecular weight excluding hydrogens is 258 g/mol. The maximum absolute atomic E-state index is 5.95. The van der Waals surface area contributed by atoms with E-state index in [4.69, 9.17) is 5.73 Å². The summed E-state index contributed by atoms with van der Waals surface area (Å²) in [6.07, 6.45) is 2.27. The van der Waals surface area contributed by atoms with Crippen molar-refractivity contribution in [2.24, 2.45) is 5.73 Å². The number of halogens is 1. The molecule has 1 nitrogen and oxygen atoms in total. The SMILES string of the molecule is CCC[C@H](N)CSc1ccccc1Br. The van der Waals surface area contributed by atoms with Gasteiger partial charge in [0.1, 0.15) is 0 Å². The largest absolute Gasteiger partial charge is 0.327 e. The normalized spacial score (nSPS) is 12.8. The van der Waals surface area contributed by atoms with E-state index in [9.17, 15) is 0 Å². The van der Waals surface area contributed by atoms with Crippen molar-refractivity contribution in [3.8, 4) is 0 Å². The highest BCUT2D eigenvalue weighted by molar-refractivity contribution is 9.10. The van der Waals surface area contributed by atoms with E-state index < -0.39 is 0 Å². The lowest BCUT2D eigenvalue weighted by Crippen LogP contribution is -2.22. The highest BCUT2D eigenvalue weighted by atomic mass is 79.9. The van der Waals surface area contributed by atoms with Gasteiger partial charge in [-0.3, -0.25) is 0 Å². The fraction of sp³-hybridized carbons (Fsp3) is 0.455. The molecule has 0 aliphatic carbocycles. The molecule has 0 heterocycles. The Morgan fingerprint density at radius 2 is 2.14 bits per heavy atom. The highest BCUT2D eigenvalue weighted by Gasteiger charge is 2.04. The van der Waals surface area contributed by atoms with Crippen molar-refractivity contribution in [3.63, 3.8) is 0 Å². The maximum atomic E-state index is 5.95. The minimum absolute atomic E-state index is 0.317. The lowest BCUT2D eigenvalue weighted by Gasteiger charge is -2.10. The summed E-state index contributed by atoms with van der Waals surface area (Å²) in [6.45, 7) is 2.17. The highest BCUT2D eigenvalue weighted by Crippen LogP contribution is 2.27. The summed E-state index contributed by atoms with van der Waals surface area (Å²) in [5, 5.41) is 0. The van der Waals surface area contributed by atoms with Gasteiger partial charge in [0.25, 0.3) is 0 Å². The van der Waals surface area contributed by atoms with Crippen molar-refractivity contribution in [2.75, 3.05) is 5.75 Å². The van der Waals surface area contributed by atoms with Crippen LogP contribution in [0.1, 0.15) is 19.8 Å². The summed E-state index contributed by atoms with van der Waals surface area (Å²) in [5.74, 6) is 0.996. The first-order valence-electron chi connectivity index (χ1n) is 4.87. The van der Waals surface area contributed by atoms with Gasteiger partial charge in [-0.15, -0.1) is 11.8 Å². The fourth-order valence-electron chi connectivity index (χ4n) is 1.21. The minimum atomic E-state index is 0.317. The van der Waals surface area contributed by atoms with Crippen LogP contribution in [0.25, 0.3) is 0 Å². The molecule has 1 aromatic carbocycles. The van der Waals surface area contributed by atoms with Gasteiger partial charge >= 0.3 is 0 Å². The predicted octanol–water partition coefficient (Wildman–Crippen LogP) is 3.67. The first kappa shape index (κ1) is 12.1. The third-order valence-corrected chi connectivity index (χ3v) is 4.16. The standard InChI is InChI=1S/C11H16BrNS/c1-2-5-9(13)8-14-11-7-4-3-6-10(11)12/h3-4,6-7,9H,2,5,8,13H2,1H3/t9-/m0/s1. The molecule has 0 spiro atoms. The van der Waals surface area contributed by atoms with Gasteiger partial charge in [0.05, 0.1) is 0 Å². The van der Waals surface area contributed by atoms with Crippen molar-refractivity contribution < 1.29 is 0 Å². The van der Waals surface area contributed by atoms with Crippen LogP contribution in [-0.4, -0.2) is 11.8 Å². The van der Waals surface area contributed by atoms with Gasteiger partial charge < -0.3 is 5.73 Å². The summed E-state index contributed by atoms with van der Waals surface area (Å²) in [4.78, 5) is 1.28. The number of benzene rings is 1. The van der Waals surface area contributed by atoms with Crippen LogP contribution >= 0.6 is 27.7 Å². The van der Waals surface area contributed by atoms with E-state index in [1.807, 2.05) is 17.8 Å². The van der Waals surface area contributed by atoms with Crippen LogP contribution in [0.3, 0.4) is 0 Å². The Hall–Kier alpha value is 0.01000. The number of thioether (sulfide) groups is 1.